The Bertz CT molecular complexity index is 660. The van der Waals surface area contributed by atoms with Gasteiger partial charge in [-0.05, 0) is 25.5 Å². The van der Waals surface area contributed by atoms with Crippen LogP contribution in [-0.4, -0.2) is 38.1 Å². The molecule has 0 atom stereocenters. The molecule has 0 aromatic carbocycles. The van der Waals surface area contributed by atoms with Crippen molar-refractivity contribution in [3.63, 3.8) is 0 Å². The summed E-state index contributed by atoms with van der Waals surface area (Å²) < 4.78 is 1.94. The Morgan fingerprint density at radius 1 is 1.50 bits per heavy atom. The molecule has 0 unspecified atom stereocenters. The number of carboxylic acid groups (broad SMARTS) is 1. The Labute approximate surface area is 117 Å². The molecule has 0 amide bonds. The molecule has 3 rings (SSSR count). The average molecular weight is 273 g/mol. The Hall–Kier alpha value is -1.88. The first-order valence-corrected chi connectivity index (χ1v) is 6.97. The summed E-state index contributed by atoms with van der Waals surface area (Å²) in [4.78, 5) is 17.7. The van der Waals surface area contributed by atoms with Crippen molar-refractivity contribution in [1.29, 1.82) is 0 Å². The number of pyridine rings is 1. The van der Waals surface area contributed by atoms with Crippen molar-refractivity contribution in [2.24, 2.45) is 0 Å². The highest BCUT2D eigenvalue weighted by molar-refractivity contribution is 5.86. The molecule has 5 nitrogen and oxygen atoms in total. The number of fused-ring (bicyclic) bond motifs is 3. The van der Waals surface area contributed by atoms with Crippen LogP contribution in [0.15, 0.2) is 18.5 Å². The minimum Gasteiger partial charge on any atom is -0.480 e. The molecule has 0 saturated carbocycles. The van der Waals surface area contributed by atoms with Crippen LogP contribution in [0.25, 0.3) is 10.9 Å². The Morgan fingerprint density at radius 2 is 2.30 bits per heavy atom. The Morgan fingerprint density at radius 3 is 3.00 bits per heavy atom. The van der Waals surface area contributed by atoms with Gasteiger partial charge in [-0.15, -0.1) is 0 Å². The lowest BCUT2D eigenvalue weighted by atomic mass is 10.0. The number of nitrogens with zero attached hydrogens (tertiary/aromatic N) is 3. The van der Waals surface area contributed by atoms with Crippen molar-refractivity contribution in [1.82, 2.24) is 14.5 Å². The van der Waals surface area contributed by atoms with E-state index in [2.05, 4.69) is 23.7 Å². The second kappa shape index (κ2) is 4.90. The number of hydrogen-bond donors (Lipinski definition) is 1. The van der Waals surface area contributed by atoms with E-state index in [1.807, 2.05) is 16.8 Å². The molecule has 0 aliphatic carbocycles. The summed E-state index contributed by atoms with van der Waals surface area (Å²) in [6, 6.07) is 2.41. The summed E-state index contributed by atoms with van der Waals surface area (Å²) in [6.07, 6.45) is 4.48. The van der Waals surface area contributed by atoms with Gasteiger partial charge in [-0.2, -0.15) is 0 Å². The van der Waals surface area contributed by atoms with Crippen LogP contribution >= 0.6 is 0 Å². The molecule has 0 bridgehead atoms. The van der Waals surface area contributed by atoms with Crippen molar-refractivity contribution in [3.8, 4) is 0 Å². The van der Waals surface area contributed by atoms with E-state index in [4.69, 9.17) is 5.11 Å². The molecule has 20 heavy (non-hydrogen) atoms. The summed E-state index contributed by atoms with van der Waals surface area (Å²) in [7, 11) is 0. The first kappa shape index (κ1) is 13.1. The molecule has 1 N–H and O–H groups in total. The first-order chi connectivity index (χ1) is 9.58. The van der Waals surface area contributed by atoms with E-state index in [0.29, 0.717) is 6.04 Å². The minimum atomic E-state index is -0.798. The second-order valence-electron chi connectivity index (χ2n) is 5.61. The summed E-state index contributed by atoms with van der Waals surface area (Å²) in [5, 5.41) is 10.2. The Balaban J connectivity index is 2.14. The molecule has 2 aromatic rings. The van der Waals surface area contributed by atoms with Crippen LogP contribution in [-0.2, 0) is 24.3 Å². The maximum atomic E-state index is 11.1. The van der Waals surface area contributed by atoms with Gasteiger partial charge >= 0.3 is 5.97 Å². The molecule has 0 fully saturated rings. The predicted octanol–water partition coefficient (Wildman–Crippen LogP) is 1.89. The normalized spacial score (nSPS) is 15.8. The van der Waals surface area contributed by atoms with Gasteiger partial charge in [-0.3, -0.25) is 14.7 Å². The van der Waals surface area contributed by atoms with Gasteiger partial charge in [0.25, 0.3) is 0 Å². The van der Waals surface area contributed by atoms with Gasteiger partial charge in [0.2, 0.25) is 0 Å². The van der Waals surface area contributed by atoms with Gasteiger partial charge in [0, 0.05) is 49.0 Å². The second-order valence-corrected chi connectivity index (χ2v) is 5.61. The third-order valence-corrected chi connectivity index (χ3v) is 4.11. The van der Waals surface area contributed by atoms with Gasteiger partial charge in [-0.1, -0.05) is 0 Å². The van der Waals surface area contributed by atoms with E-state index in [1.54, 1.807) is 6.20 Å². The molecule has 1 aliphatic heterocycles. The largest absolute Gasteiger partial charge is 0.480 e. The van der Waals surface area contributed by atoms with E-state index in [-0.39, 0.29) is 6.54 Å². The third kappa shape index (κ3) is 2.08. The fourth-order valence-electron chi connectivity index (χ4n) is 3.07. The van der Waals surface area contributed by atoms with Crippen molar-refractivity contribution < 1.29 is 9.90 Å². The zero-order chi connectivity index (χ0) is 14.3. The zero-order valence-corrected chi connectivity index (χ0v) is 11.8. The molecule has 0 spiro atoms. The van der Waals surface area contributed by atoms with Crippen LogP contribution in [0.2, 0.25) is 0 Å². The number of aromatic nitrogens is 2. The molecule has 106 valence electrons. The van der Waals surface area contributed by atoms with E-state index in [0.717, 1.165) is 36.1 Å². The molecule has 0 saturated heterocycles. The van der Waals surface area contributed by atoms with Crippen LogP contribution < -0.4 is 0 Å². The summed E-state index contributed by atoms with van der Waals surface area (Å²) in [6.45, 7) is 6.27. The van der Waals surface area contributed by atoms with Crippen LogP contribution in [0.4, 0.5) is 0 Å². The zero-order valence-electron chi connectivity index (χ0n) is 11.8. The van der Waals surface area contributed by atoms with Gasteiger partial charge in [-0.25, -0.2) is 0 Å². The number of carbonyl (C=O) groups is 1. The fourth-order valence-corrected chi connectivity index (χ4v) is 3.07. The third-order valence-electron chi connectivity index (χ3n) is 4.11. The standard InChI is InChI=1S/C15H19N3O2/c1-10(2)17-6-4-14-12(8-17)11-7-16-5-3-13(11)18(14)9-15(19)20/h3,5,7,10H,4,6,8-9H2,1-2H3,(H,19,20). The van der Waals surface area contributed by atoms with Crippen LogP contribution in [0, 0.1) is 0 Å². The highest BCUT2D eigenvalue weighted by atomic mass is 16.4. The van der Waals surface area contributed by atoms with E-state index < -0.39 is 5.97 Å². The maximum Gasteiger partial charge on any atom is 0.323 e. The number of rotatable bonds is 3. The van der Waals surface area contributed by atoms with E-state index in [1.165, 1.54) is 5.56 Å². The van der Waals surface area contributed by atoms with Gasteiger partial charge in [0.15, 0.2) is 0 Å². The van der Waals surface area contributed by atoms with Crippen molar-refractivity contribution in [2.75, 3.05) is 6.54 Å². The van der Waals surface area contributed by atoms with Crippen LogP contribution in [0.5, 0.6) is 0 Å². The van der Waals surface area contributed by atoms with Gasteiger partial charge in [0.1, 0.15) is 6.54 Å². The van der Waals surface area contributed by atoms with Crippen LogP contribution in [0.3, 0.4) is 0 Å². The first-order valence-electron chi connectivity index (χ1n) is 6.97. The lowest BCUT2D eigenvalue weighted by molar-refractivity contribution is -0.137. The Kier molecular flexibility index (Phi) is 3.22. The fraction of sp³-hybridized carbons (Fsp3) is 0.467. The molecule has 0 radical (unpaired) electrons. The molecule has 5 heteroatoms. The van der Waals surface area contributed by atoms with Crippen LogP contribution in [0.1, 0.15) is 25.1 Å². The molecular formula is C15H19N3O2. The van der Waals surface area contributed by atoms with Gasteiger partial charge in [0.05, 0.1) is 5.52 Å². The quantitative estimate of drug-likeness (QED) is 0.927. The predicted molar refractivity (Wildman–Crippen MR) is 76.6 cm³/mol. The molecule has 2 aromatic heterocycles. The smallest absolute Gasteiger partial charge is 0.323 e. The van der Waals surface area contributed by atoms with Crippen molar-refractivity contribution in [3.05, 3.63) is 29.7 Å². The van der Waals surface area contributed by atoms with Gasteiger partial charge < -0.3 is 9.67 Å². The highest BCUT2D eigenvalue weighted by Gasteiger charge is 2.25. The highest BCUT2D eigenvalue weighted by Crippen LogP contribution is 2.31. The number of hydrogen-bond acceptors (Lipinski definition) is 3. The molecule has 3 heterocycles. The average Bonchev–Trinajstić information content (AvgIpc) is 2.73. The number of aliphatic carboxylic acids is 1. The monoisotopic (exact) mass is 273 g/mol. The minimum absolute atomic E-state index is 0.0253. The number of carboxylic acids is 1. The summed E-state index contributed by atoms with van der Waals surface area (Å²) >= 11 is 0. The van der Waals surface area contributed by atoms with Crippen molar-refractivity contribution >= 4 is 16.9 Å². The van der Waals surface area contributed by atoms with E-state index in [9.17, 15) is 4.79 Å². The summed E-state index contributed by atoms with van der Waals surface area (Å²) in [5.41, 5.74) is 3.39. The molecule has 1 aliphatic rings. The lowest BCUT2D eigenvalue weighted by Crippen LogP contribution is -2.36. The SMILES string of the molecule is CC(C)N1CCc2c(c3cnccc3n2CC(=O)O)C1. The topological polar surface area (TPSA) is 58.4 Å². The lowest BCUT2D eigenvalue weighted by Gasteiger charge is -2.31. The molecular weight excluding hydrogens is 254 g/mol. The van der Waals surface area contributed by atoms with Crippen molar-refractivity contribution in [2.45, 2.75) is 39.4 Å². The summed E-state index contributed by atoms with van der Waals surface area (Å²) in [5.74, 6) is -0.798. The van der Waals surface area contributed by atoms with E-state index >= 15 is 0 Å². The maximum absolute atomic E-state index is 11.1.